The number of rotatable bonds is 8. The molecule has 3 aromatic carbocycles. The number of urea groups is 1. The first-order valence-electron chi connectivity index (χ1n) is 16.1. The van der Waals surface area contributed by atoms with E-state index < -0.39 is 33.9 Å². The number of likely N-dealkylation sites (N-methyl/N-ethyl adjacent to an activating group) is 1. The molecule has 3 amide bonds. The van der Waals surface area contributed by atoms with E-state index in [4.69, 9.17) is 9.47 Å². The minimum absolute atomic E-state index is 0.112. The van der Waals surface area contributed by atoms with Crippen molar-refractivity contribution in [2.75, 3.05) is 43.4 Å². The Morgan fingerprint density at radius 3 is 2.46 bits per heavy atom. The maximum absolute atomic E-state index is 14.3. The molecule has 0 unspecified atom stereocenters. The number of sulfonamides is 1. The van der Waals surface area contributed by atoms with E-state index in [1.165, 1.54) is 17.0 Å². The van der Waals surface area contributed by atoms with Gasteiger partial charge in [-0.3, -0.25) is 9.52 Å². The molecule has 3 N–H and O–H groups in total. The summed E-state index contributed by atoms with van der Waals surface area (Å²) in [7, 11) is -2.42. The number of carbonyl (C=O) groups is 2. The van der Waals surface area contributed by atoms with E-state index in [-0.39, 0.29) is 59.6 Å². The standard InChI is InChI=1S/C35H45FN4O7S/c1-24-21-40(25(2)23-41)34(42)31-20-29(38-48(44,45)30-16-13-27(36)14-17-30)15-18-32(31)47-26(3)10-8-9-19-46-33(24)22-39(4)35(43)37-28-11-6-5-7-12-28/h5-7,11-18,20,24-26,33,38,41H,8-10,19,21-23H2,1-4H3,(H,37,43)/t24-,25+,26-,33-/m1/s1. The highest BCUT2D eigenvalue weighted by molar-refractivity contribution is 7.92. The number of amides is 3. The molecule has 1 heterocycles. The molecule has 48 heavy (non-hydrogen) atoms. The number of anilines is 2. The summed E-state index contributed by atoms with van der Waals surface area (Å²) in [4.78, 5) is 30.3. The number of fused-ring (bicyclic) bond motifs is 1. The van der Waals surface area contributed by atoms with E-state index in [1.807, 2.05) is 32.0 Å². The zero-order valence-electron chi connectivity index (χ0n) is 27.8. The summed E-state index contributed by atoms with van der Waals surface area (Å²) in [5, 5.41) is 13.1. The third kappa shape index (κ3) is 9.91. The Morgan fingerprint density at radius 2 is 1.77 bits per heavy atom. The largest absolute Gasteiger partial charge is 0.490 e. The van der Waals surface area contributed by atoms with Crippen molar-refractivity contribution in [3.63, 3.8) is 0 Å². The van der Waals surface area contributed by atoms with Crippen LogP contribution in [0.4, 0.5) is 20.6 Å². The fourth-order valence-corrected chi connectivity index (χ4v) is 6.42. The van der Waals surface area contributed by atoms with Crippen molar-refractivity contribution < 1.29 is 37.0 Å². The maximum Gasteiger partial charge on any atom is 0.321 e. The lowest BCUT2D eigenvalue weighted by atomic mass is 10.0. The summed E-state index contributed by atoms with van der Waals surface area (Å²) in [5.41, 5.74) is 0.889. The van der Waals surface area contributed by atoms with E-state index in [0.29, 0.717) is 18.7 Å². The highest BCUT2D eigenvalue weighted by Crippen LogP contribution is 2.29. The van der Waals surface area contributed by atoms with Crippen LogP contribution >= 0.6 is 0 Å². The van der Waals surface area contributed by atoms with Crippen molar-refractivity contribution >= 4 is 33.3 Å². The fourth-order valence-electron chi connectivity index (χ4n) is 5.37. The van der Waals surface area contributed by atoms with Gasteiger partial charge in [-0.1, -0.05) is 25.1 Å². The van der Waals surface area contributed by atoms with Gasteiger partial charge in [0.2, 0.25) is 0 Å². The number of ether oxygens (including phenoxy) is 2. The number of para-hydroxylation sites is 1. The average molecular weight is 685 g/mol. The van der Waals surface area contributed by atoms with Crippen LogP contribution in [0.2, 0.25) is 0 Å². The molecule has 260 valence electrons. The molecule has 3 aromatic rings. The number of aliphatic hydroxyl groups is 1. The Hall–Kier alpha value is -4.20. The lowest BCUT2D eigenvalue weighted by molar-refractivity contribution is -0.0115. The Balaban J connectivity index is 1.63. The molecule has 1 aliphatic heterocycles. The molecule has 0 aromatic heterocycles. The van der Waals surface area contributed by atoms with Crippen molar-refractivity contribution in [2.45, 2.75) is 63.2 Å². The first kappa shape index (κ1) is 36.6. The molecule has 0 fully saturated rings. The number of nitrogens with one attached hydrogen (secondary N) is 2. The van der Waals surface area contributed by atoms with Crippen LogP contribution in [0.25, 0.3) is 0 Å². The van der Waals surface area contributed by atoms with Crippen LogP contribution in [0.5, 0.6) is 5.75 Å². The van der Waals surface area contributed by atoms with Crippen LogP contribution in [0.3, 0.4) is 0 Å². The summed E-state index contributed by atoms with van der Waals surface area (Å²) in [6.07, 6.45) is 1.50. The van der Waals surface area contributed by atoms with Crippen LogP contribution in [0, 0.1) is 11.7 Å². The second-order valence-corrected chi connectivity index (χ2v) is 13.9. The number of hydrogen-bond acceptors (Lipinski definition) is 7. The van der Waals surface area contributed by atoms with E-state index in [1.54, 1.807) is 37.1 Å². The number of benzene rings is 3. The minimum Gasteiger partial charge on any atom is -0.490 e. The predicted octanol–water partition coefficient (Wildman–Crippen LogP) is 5.59. The number of nitrogens with zero attached hydrogens (tertiary/aromatic N) is 2. The van der Waals surface area contributed by atoms with Crippen LogP contribution in [-0.4, -0.2) is 86.9 Å². The van der Waals surface area contributed by atoms with E-state index in [0.717, 1.165) is 37.1 Å². The molecule has 0 saturated heterocycles. The van der Waals surface area contributed by atoms with E-state index in [9.17, 15) is 27.5 Å². The van der Waals surface area contributed by atoms with Gasteiger partial charge >= 0.3 is 6.03 Å². The first-order valence-corrected chi connectivity index (χ1v) is 17.6. The second-order valence-electron chi connectivity index (χ2n) is 12.2. The summed E-state index contributed by atoms with van der Waals surface area (Å²) in [5.74, 6) is -1.04. The molecule has 0 saturated carbocycles. The van der Waals surface area contributed by atoms with Crippen molar-refractivity contribution in [3.05, 3.63) is 84.2 Å². The number of hydrogen-bond donors (Lipinski definition) is 3. The molecular formula is C35H45FN4O7S. The van der Waals surface area contributed by atoms with E-state index >= 15 is 0 Å². The summed E-state index contributed by atoms with van der Waals surface area (Å²) in [6.45, 7) is 6.08. The Labute approximate surface area is 282 Å². The third-order valence-electron chi connectivity index (χ3n) is 8.25. The Kier molecular flexibility index (Phi) is 12.8. The molecule has 1 aliphatic rings. The topological polar surface area (TPSA) is 138 Å². The molecule has 13 heteroatoms. The van der Waals surface area contributed by atoms with Crippen molar-refractivity contribution in [3.8, 4) is 5.75 Å². The molecule has 0 spiro atoms. The van der Waals surface area contributed by atoms with Crippen LogP contribution in [0.15, 0.2) is 77.7 Å². The monoisotopic (exact) mass is 684 g/mol. The fraction of sp³-hybridized carbons (Fsp3) is 0.429. The normalized spacial score (nSPS) is 20.1. The summed E-state index contributed by atoms with van der Waals surface area (Å²) in [6, 6.07) is 17.1. The van der Waals surface area contributed by atoms with Crippen molar-refractivity contribution in [2.24, 2.45) is 5.92 Å². The average Bonchev–Trinajstić information content (AvgIpc) is 3.06. The van der Waals surface area contributed by atoms with Gasteiger partial charge < -0.3 is 29.7 Å². The van der Waals surface area contributed by atoms with Gasteiger partial charge in [-0.25, -0.2) is 17.6 Å². The van der Waals surface area contributed by atoms with Gasteiger partial charge in [0.05, 0.1) is 35.3 Å². The summed E-state index contributed by atoms with van der Waals surface area (Å²) < 4.78 is 54.6. The van der Waals surface area contributed by atoms with E-state index in [2.05, 4.69) is 10.0 Å². The maximum atomic E-state index is 14.3. The lowest BCUT2D eigenvalue weighted by Gasteiger charge is -2.35. The number of aliphatic hydroxyl groups excluding tert-OH is 1. The molecule has 4 atom stereocenters. The van der Waals surface area contributed by atoms with Crippen LogP contribution in [-0.2, 0) is 14.8 Å². The number of carbonyl (C=O) groups excluding carboxylic acids is 2. The van der Waals surface area contributed by atoms with Gasteiger partial charge in [-0.2, -0.15) is 0 Å². The number of halogens is 1. The highest BCUT2D eigenvalue weighted by Gasteiger charge is 2.31. The van der Waals surface area contributed by atoms with Gasteiger partial charge in [0.1, 0.15) is 11.6 Å². The minimum atomic E-state index is -4.10. The van der Waals surface area contributed by atoms with Crippen molar-refractivity contribution in [1.29, 1.82) is 0 Å². The van der Waals surface area contributed by atoms with Gasteiger partial charge in [-0.05, 0) is 87.7 Å². The van der Waals surface area contributed by atoms with Crippen molar-refractivity contribution in [1.82, 2.24) is 9.80 Å². The van der Waals surface area contributed by atoms with Gasteiger partial charge in [-0.15, -0.1) is 0 Å². The zero-order valence-corrected chi connectivity index (χ0v) is 28.6. The molecule has 0 aliphatic carbocycles. The lowest BCUT2D eigenvalue weighted by Crippen LogP contribution is -2.48. The zero-order chi connectivity index (χ0) is 34.8. The molecule has 11 nitrogen and oxygen atoms in total. The van der Waals surface area contributed by atoms with Gasteiger partial charge in [0, 0.05) is 44.0 Å². The third-order valence-corrected chi connectivity index (χ3v) is 9.65. The molecule has 0 bridgehead atoms. The Bertz CT molecular complexity index is 1630. The SMILES string of the molecule is C[C@@H]1CCCCO[C@H](CN(C)C(=O)Nc2ccccc2)[C@H](C)CN([C@@H](C)CO)C(=O)c2cc(NS(=O)(=O)c3ccc(F)cc3)ccc2O1. The quantitative estimate of drug-likeness (QED) is 0.282. The first-order chi connectivity index (χ1) is 22.9. The molecule has 0 radical (unpaired) electrons. The van der Waals surface area contributed by atoms with Gasteiger partial charge in [0.15, 0.2) is 0 Å². The second kappa shape index (κ2) is 16.8. The molecule has 4 rings (SSSR count). The van der Waals surface area contributed by atoms with Crippen LogP contribution in [0.1, 0.15) is 50.4 Å². The Morgan fingerprint density at radius 1 is 1.06 bits per heavy atom. The molecular weight excluding hydrogens is 639 g/mol. The predicted molar refractivity (Wildman–Crippen MR) is 182 cm³/mol. The smallest absolute Gasteiger partial charge is 0.321 e. The highest BCUT2D eigenvalue weighted by atomic mass is 32.2. The van der Waals surface area contributed by atoms with Gasteiger partial charge in [0.25, 0.3) is 15.9 Å². The van der Waals surface area contributed by atoms with Crippen LogP contribution < -0.4 is 14.8 Å². The summed E-state index contributed by atoms with van der Waals surface area (Å²) >= 11 is 0.